The second kappa shape index (κ2) is 5.18. The average Bonchev–Trinajstić information content (AvgIpc) is 2.96. The molecule has 0 saturated heterocycles. The van der Waals surface area contributed by atoms with Crippen molar-refractivity contribution in [3.8, 4) is 0 Å². The molecule has 2 heterocycles. The van der Waals surface area contributed by atoms with Gasteiger partial charge in [-0.05, 0) is 13.8 Å². The highest BCUT2D eigenvalue weighted by Gasteiger charge is 2.09. The molecule has 1 unspecified atom stereocenters. The lowest BCUT2D eigenvalue weighted by Crippen LogP contribution is -2.20. The van der Waals surface area contributed by atoms with Crippen molar-refractivity contribution in [3.63, 3.8) is 0 Å². The Morgan fingerprint density at radius 1 is 1.50 bits per heavy atom. The van der Waals surface area contributed by atoms with Gasteiger partial charge in [0.1, 0.15) is 17.2 Å². The van der Waals surface area contributed by atoms with Crippen LogP contribution in [0.4, 0.5) is 0 Å². The van der Waals surface area contributed by atoms with Crippen LogP contribution in [0.3, 0.4) is 0 Å². The summed E-state index contributed by atoms with van der Waals surface area (Å²) in [4.78, 5) is 8.48. The van der Waals surface area contributed by atoms with Gasteiger partial charge in [0.05, 0.1) is 12.6 Å². The van der Waals surface area contributed by atoms with Crippen LogP contribution >= 0.6 is 11.3 Å². The maximum Gasteiger partial charge on any atom is 0.140 e. The fourth-order valence-electron chi connectivity index (χ4n) is 1.47. The van der Waals surface area contributed by atoms with Crippen molar-refractivity contribution in [2.45, 2.75) is 33.0 Å². The third kappa shape index (κ3) is 2.45. The molecule has 0 aliphatic rings. The Bertz CT molecular complexity index is 422. The van der Waals surface area contributed by atoms with E-state index in [1.54, 1.807) is 17.7 Å². The lowest BCUT2D eigenvalue weighted by Gasteiger charge is -2.10. The summed E-state index contributed by atoms with van der Waals surface area (Å²) in [6, 6.07) is 0.252. The maximum atomic E-state index is 4.27. The predicted octanol–water partition coefficient (Wildman–Crippen LogP) is 1.61. The fourth-order valence-corrected chi connectivity index (χ4v) is 2.14. The molecule has 1 atom stereocenters. The summed E-state index contributed by atoms with van der Waals surface area (Å²) < 4.78 is 1.89. The van der Waals surface area contributed by atoms with Crippen molar-refractivity contribution in [2.24, 2.45) is 0 Å². The number of nitrogens with zero attached hydrogens (tertiary/aromatic N) is 4. The highest BCUT2D eigenvalue weighted by Crippen LogP contribution is 2.14. The number of hydrogen-bond acceptors (Lipinski definition) is 5. The highest BCUT2D eigenvalue weighted by atomic mass is 32.1. The molecule has 0 fully saturated rings. The van der Waals surface area contributed by atoms with E-state index < -0.39 is 0 Å². The Kier molecular flexibility index (Phi) is 3.63. The van der Waals surface area contributed by atoms with Crippen LogP contribution in [0, 0.1) is 0 Å². The predicted molar refractivity (Wildman–Crippen MR) is 63.1 cm³/mol. The number of nitrogens with one attached hydrogen (secondary N) is 1. The Hall–Kier alpha value is -1.27. The van der Waals surface area contributed by atoms with Crippen molar-refractivity contribution in [3.05, 3.63) is 28.7 Å². The van der Waals surface area contributed by atoms with Crippen LogP contribution in [0.2, 0.25) is 0 Å². The van der Waals surface area contributed by atoms with Crippen molar-refractivity contribution >= 4 is 11.3 Å². The SMILES string of the molecule is CCn1ncnc1CNC(C)c1nccs1. The highest BCUT2D eigenvalue weighted by molar-refractivity contribution is 7.09. The third-order valence-corrected chi connectivity index (χ3v) is 3.34. The van der Waals surface area contributed by atoms with Crippen LogP contribution < -0.4 is 5.32 Å². The van der Waals surface area contributed by atoms with Gasteiger partial charge in [-0.3, -0.25) is 0 Å². The second-order valence-corrected chi connectivity index (χ2v) is 4.39. The molecule has 0 aliphatic carbocycles. The van der Waals surface area contributed by atoms with E-state index in [9.17, 15) is 0 Å². The first kappa shape index (κ1) is 11.2. The molecule has 0 saturated carbocycles. The molecule has 16 heavy (non-hydrogen) atoms. The van der Waals surface area contributed by atoms with E-state index in [4.69, 9.17) is 0 Å². The number of hydrogen-bond donors (Lipinski definition) is 1. The first-order valence-electron chi connectivity index (χ1n) is 5.30. The van der Waals surface area contributed by atoms with Crippen LogP contribution in [0.15, 0.2) is 17.9 Å². The van der Waals surface area contributed by atoms with Crippen LogP contribution in [-0.2, 0) is 13.1 Å². The summed E-state index contributed by atoms with van der Waals surface area (Å²) in [5, 5.41) is 10.6. The quantitative estimate of drug-likeness (QED) is 0.858. The van der Waals surface area contributed by atoms with Crippen molar-refractivity contribution < 1.29 is 0 Å². The molecule has 0 radical (unpaired) electrons. The van der Waals surface area contributed by atoms with Crippen LogP contribution in [0.25, 0.3) is 0 Å². The summed E-state index contributed by atoms with van der Waals surface area (Å²) in [5.74, 6) is 0.964. The Labute approximate surface area is 98.5 Å². The molecule has 2 aromatic rings. The van der Waals surface area contributed by atoms with Crippen molar-refractivity contribution in [2.75, 3.05) is 0 Å². The molecule has 0 aromatic carbocycles. The van der Waals surface area contributed by atoms with E-state index in [0.29, 0.717) is 6.54 Å². The topological polar surface area (TPSA) is 55.6 Å². The van der Waals surface area contributed by atoms with Gasteiger partial charge in [-0.25, -0.2) is 14.6 Å². The molecule has 0 bridgehead atoms. The molecule has 86 valence electrons. The Balaban J connectivity index is 1.92. The van der Waals surface area contributed by atoms with E-state index in [1.165, 1.54) is 0 Å². The zero-order valence-corrected chi connectivity index (χ0v) is 10.2. The molecule has 5 nitrogen and oxygen atoms in total. The van der Waals surface area contributed by atoms with Crippen LogP contribution in [0.5, 0.6) is 0 Å². The molecular formula is C10H15N5S. The Morgan fingerprint density at radius 3 is 3.06 bits per heavy atom. The number of aryl methyl sites for hydroxylation is 1. The average molecular weight is 237 g/mol. The van der Waals surface area contributed by atoms with Gasteiger partial charge in [0.15, 0.2) is 0 Å². The monoisotopic (exact) mass is 237 g/mol. The minimum atomic E-state index is 0.252. The van der Waals surface area contributed by atoms with Gasteiger partial charge in [-0.2, -0.15) is 5.10 Å². The zero-order valence-electron chi connectivity index (χ0n) is 9.42. The van der Waals surface area contributed by atoms with Gasteiger partial charge in [-0.15, -0.1) is 11.3 Å². The largest absolute Gasteiger partial charge is 0.301 e. The second-order valence-electron chi connectivity index (χ2n) is 3.46. The minimum Gasteiger partial charge on any atom is -0.301 e. The summed E-state index contributed by atoms with van der Waals surface area (Å²) in [5.41, 5.74) is 0. The lowest BCUT2D eigenvalue weighted by molar-refractivity contribution is 0.522. The number of aromatic nitrogens is 4. The first-order chi connectivity index (χ1) is 7.81. The van der Waals surface area contributed by atoms with Gasteiger partial charge >= 0.3 is 0 Å². The fraction of sp³-hybridized carbons (Fsp3) is 0.500. The van der Waals surface area contributed by atoms with Crippen molar-refractivity contribution in [1.82, 2.24) is 25.1 Å². The normalized spacial score (nSPS) is 12.9. The standard InChI is InChI=1S/C10H15N5S/c1-3-15-9(13-7-14-15)6-12-8(2)10-11-4-5-16-10/h4-5,7-8,12H,3,6H2,1-2H3. The molecule has 0 spiro atoms. The lowest BCUT2D eigenvalue weighted by atomic mass is 10.3. The van der Waals surface area contributed by atoms with Gasteiger partial charge in [0, 0.05) is 18.1 Å². The van der Waals surface area contributed by atoms with Crippen LogP contribution in [0.1, 0.15) is 30.7 Å². The molecule has 0 amide bonds. The molecule has 1 N–H and O–H groups in total. The molecule has 2 aromatic heterocycles. The summed E-state index contributed by atoms with van der Waals surface area (Å²) in [6.07, 6.45) is 3.42. The molecule has 6 heteroatoms. The smallest absolute Gasteiger partial charge is 0.140 e. The van der Waals surface area contributed by atoms with E-state index in [1.807, 2.05) is 16.3 Å². The van der Waals surface area contributed by atoms with Crippen LogP contribution in [-0.4, -0.2) is 19.7 Å². The summed E-state index contributed by atoms with van der Waals surface area (Å²) in [7, 11) is 0. The maximum absolute atomic E-state index is 4.27. The van der Waals surface area contributed by atoms with E-state index in [2.05, 4.69) is 34.2 Å². The molecule has 0 aliphatic heterocycles. The minimum absolute atomic E-state index is 0.252. The molecular weight excluding hydrogens is 222 g/mol. The zero-order chi connectivity index (χ0) is 11.4. The number of rotatable bonds is 5. The van der Waals surface area contributed by atoms with E-state index in [-0.39, 0.29) is 6.04 Å². The summed E-state index contributed by atoms with van der Waals surface area (Å²) in [6.45, 7) is 5.73. The van der Waals surface area contributed by atoms with Gasteiger partial charge < -0.3 is 5.32 Å². The van der Waals surface area contributed by atoms with Gasteiger partial charge in [0.25, 0.3) is 0 Å². The Morgan fingerprint density at radius 2 is 2.38 bits per heavy atom. The molecule has 2 rings (SSSR count). The van der Waals surface area contributed by atoms with Gasteiger partial charge in [-0.1, -0.05) is 0 Å². The van der Waals surface area contributed by atoms with E-state index in [0.717, 1.165) is 17.4 Å². The first-order valence-corrected chi connectivity index (χ1v) is 6.18. The third-order valence-electron chi connectivity index (χ3n) is 2.38. The summed E-state index contributed by atoms with van der Waals surface area (Å²) >= 11 is 1.66. The van der Waals surface area contributed by atoms with Gasteiger partial charge in [0.2, 0.25) is 0 Å². The van der Waals surface area contributed by atoms with Crippen molar-refractivity contribution in [1.29, 1.82) is 0 Å². The number of thiazole rings is 1. The van der Waals surface area contributed by atoms with E-state index >= 15 is 0 Å².